The third-order valence-corrected chi connectivity index (χ3v) is 3.77. The molecule has 0 radical (unpaired) electrons. The molecule has 0 aromatic rings. The van der Waals surface area contributed by atoms with Crippen molar-refractivity contribution >= 4 is 20.2 Å². The maximum Gasteiger partial charge on any atom is 0.390 e. The molecule has 18 heavy (non-hydrogen) atoms. The van der Waals surface area contributed by atoms with Crippen LogP contribution in [0.3, 0.4) is 0 Å². The summed E-state index contributed by atoms with van der Waals surface area (Å²) in [6.07, 6.45) is -6.31. The molecule has 0 aliphatic carbocycles. The summed E-state index contributed by atoms with van der Waals surface area (Å²) in [6.45, 7) is 2.64. The lowest BCUT2D eigenvalue weighted by Crippen LogP contribution is -2.26. The van der Waals surface area contributed by atoms with Gasteiger partial charge in [0.15, 0.2) is 0 Å². The summed E-state index contributed by atoms with van der Waals surface area (Å²) < 4.78 is 90.8. The first-order valence-electron chi connectivity index (χ1n) is 4.71. The minimum Gasteiger partial charge on any atom is -0.286 e. The number of hydrogen-bond acceptors (Lipinski definition) is 4. The molecule has 0 aromatic carbocycles. The van der Waals surface area contributed by atoms with Crippen molar-refractivity contribution in [3.05, 3.63) is 0 Å². The van der Waals surface area contributed by atoms with Crippen LogP contribution in [0.1, 0.15) is 26.7 Å². The molecule has 0 aliphatic heterocycles. The first-order chi connectivity index (χ1) is 7.73. The molecule has 0 aliphatic rings. The summed E-state index contributed by atoms with van der Waals surface area (Å²) in [6, 6.07) is 0. The van der Waals surface area contributed by atoms with Crippen LogP contribution in [0.15, 0.2) is 0 Å². The van der Waals surface area contributed by atoms with Gasteiger partial charge in [-0.3, -0.25) is 9.11 Å². The van der Waals surface area contributed by atoms with Crippen LogP contribution in [0, 0.1) is 0 Å². The highest BCUT2D eigenvalue weighted by molar-refractivity contribution is 7.86. The van der Waals surface area contributed by atoms with Crippen molar-refractivity contribution in [2.24, 2.45) is 0 Å². The molecule has 0 heterocycles. The van der Waals surface area contributed by atoms with E-state index in [1.165, 1.54) is 13.8 Å². The monoisotopic (exact) mass is 316 g/mol. The molecule has 112 valence electrons. The highest BCUT2D eigenvalue weighted by Crippen LogP contribution is 2.25. The van der Waals surface area contributed by atoms with Gasteiger partial charge in [-0.05, 0) is 13.3 Å². The summed E-state index contributed by atoms with van der Waals surface area (Å²) in [5, 5.41) is -1.74. The standard InChI is InChI=1S/C5H9F3O3S.C2H6O3S/c1-2-4(12(9,10)11)3-5(6,7)8;1-2-6(3,4)5/h4H,2-3H2,1H3,(H,9,10,11);2H2,1H3,(H,3,4,5). The number of halogens is 3. The largest absolute Gasteiger partial charge is 0.390 e. The molecule has 0 aromatic heterocycles. The van der Waals surface area contributed by atoms with Crippen LogP contribution in [0.25, 0.3) is 0 Å². The molecular weight excluding hydrogens is 301 g/mol. The van der Waals surface area contributed by atoms with Crippen LogP contribution in [0.4, 0.5) is 13.2 Å². The van der Waals surface area contributed by atoms with E-state index in [1.807, 2.05) is 0 Å². The summed E-state index contributed by atoms with van der Waals surface area (Å²) in [4.78, 5) is 0. The Balaban J connectivity index is 0. The van der Waals surface area contributed by atoms with E-state index < -0.39 is 38.1 Å². The van der Waals surface area contributed by atoms with Crippen molar-refractivity contribution < 1.29 is 39.1 Å². The Kier molecular flexibility index (Phi) is 8.04. The molecule has 0 bridgehead atoms. The number of alkyl halides is 3. The van der Waals surface area contributed by atoms with E-state index in [9.17, 15) is 30.0 Å². The van der Waals surface area contributed by atoms with E-state index in [2.05, 4.69) is 0 Å². The van der Waals surface area contributed by atoms with Crippen molar-refractivity contribution in [1.29, 1.82) is 0 Å². The maximum absolute atomic E-state index is 11.6. The highest BCUT2D eigenvalue weighted by Gasteiger charge is 2.36. The maximum atomic E-state index is 11.6. The molecule has 11 heteroatoms. The topological polar surface area (TPSA) is 109 Å². The first kappa shape index (κ1) is 19.9. The summed E-state index contributed by atoms with van der Waals surface area (Å²) in [5.41, 5.74) is 0. The van der Waals surface area contributed by atoms with Gasteiger partial charge in [-0.2, -0.15) is 30.0 Å². The van der Waals surface area contributed by atoms with E-state index in [-0.39, 0.29) is 12.2 Å². The normalized spacial score (nSPS) is 14.6. The van der Waals surface area contributed by atoms with Gasteiger partial charge in [0.25, 0.3) is 20.2 Å². The molecule has 0 fully saturated rings. The zero-order valence-corrected chi connectivity index (χ0v) is 11.3. The summed E-state index contributed by atoms with van der Waals surface area (Å²) in [5.74, 6) is -0.201. The second-order valence-electron chi connectivity index (χ2n) is 3.24. The average Bonchev–Trinajstić information content (AvgIpc) is 2.11. The minimum absolute atomic E-state index is 0.201. The SMILES string of the molecule is CCC(CC(F)(F)F)S(=O)(=O)O.CCS(=O)(=O)O. The van der Waals surface area contributed by atoms with Gasteiger partial charge in [0.2, 0.25) is 0 Å². The fourth-order valence-corrected chi connectivity index (χ4v) is 1.54. The van der Waals surface area contributed by atoms with Gasteiger partial charge < -0.3 is 0 Å². The summed E-state index contributed by atoms with van der Waals surface area (Å²) in [7, 11) is -8.23. The number of rotatable bonds is 4. The molecule has 0 amide bonds. The molecule has 1 atom stereocenters. The molecule has 2 N–H and O–H groups in total. The first-order valence-corrected chi connectivity index (χ1v) is 7.82. The van der Waals surface area contributed by atoms with Crippen molar-refractivity contribution in [3.63, 3.8) is 0 Å². The Morgan fingerprint density at radius 3 is 1.44 bits per heavy atom. The number of hydrogen-bond donors (Lipinski definition) is 2. The molecule has 0 rings (SSSR count). The van der Waals surface area contributed by atoms with Crippen LogP contribution < -0.4 is 0 Å². The average molecular weight is 316 g/mol. The Labute approximate surface area is 104 Å². The second-order valence-corrected chi connectivity index (χ2v) is 6.67. The molecule has 0 saturated heterocycles. The van der Waals surface area contributed by atoms with Crippen LogP contribution in [0.2, 0.25) is 0 Å². The van der Waals surface area contributed by atoms with E-state index in [0.717, 1.165) is 0 Å². The van der Waals surface area contributed by atoms with Gasteiger partial charge >= 0.3 is 6.18 Å². The van der Waals surface area contributed by atoms with E-state index in [1.54, 1.807) is 0 Å². The zero-order valence-electron chi connectivity index (χ0n) is 9.68. The predicted octanol–water partition coefficient (Wildman–Crippen LogP) is 1.50. The fourth-order valence-electron chi connectivity index (χ4n) is 0.718. The van der Waals surface area contributed by atoms with Gasteiger partial charge in [0.1, 0.15) is 0 Å². The van der Waals surface area contributed by atoms with E-state index >= 15 is 0 Å². The zero-order chi connectivity index (χ0) is 15.2. The lowest BCUT2D eigenvalue weighted by molar-refractivity contribution is -0.135. The minimum atomic E-state index is -4.57. The van der Waals surface area contributed by atoms with Crippen LogP contribution >= 0.6 is 0 Å². The quantitative estimate of drug-likeness (QED) is 0.761. The van der Waals surface area contributed by atoms with Crippen LogP contribution in [-0.2, 0) is 20.2 Å². The second kappa shape index (κ2) is 7.26. The molecule has 6 nitrogen and oxygen atoms in total. The summed E-state index contributed by atoms with van der Waals surface area (Å²) >= 11 is 0. The smallest absolute Gasteiger partial charge is 0.286 e. The lowest BCUT2D eigenvalue weighted by atomic mass is 10.2. The molecule has 1 unspecified atom stereocenters. The van der Waals surface area contributed by atoms with Crippen molar-refractivity contribution in [1.82, 2.24) is 0 Å². The van der Waals surface area contributed by atoms with E-state index in [0.29, 0.717) is 0 Å². The Bertz CT molecular complexity index is 425. The fraction of sp³-hybridized carbons (Fsp3) is 1.00. The molecular formula is C7H15F3O6S2. The Hall–Kier alpha value is -0.390. The van der Waals surface area contributed by atoms with Gasteiger partial charge in [0, 0.05) is 0 Å². The molecule has 0 spiro atoms. The van der Waals surface area contributed by atoms with Gasteiger partial charge in [-0.15, -0.1) is 0 Å². The van der Waals surface area contributed by atoms with Gasteiger partial charge in [-0.1, -0.05) is 6.92 Å². The Morgan fingerprint density at radius 1 is 1.06 bits per heavy atom. The Morgan fingerprint density at radius 2 is 1.39 bits per heavy atom. The third kappa shape index (κ3) is 13.7. The van der Waals surface area contributed by atoms with Crippen molar-refractivity contribution in [2.45, 2.75) is 38.1 Å². The predicted molar refractivity (Wildman–Crippen MR) is 58.4 cm³/mol. The van der Waals surface area contributed by atoms with Crippen LogP contribution in [-0.4, -0.2) is 43.1 Å². The van der Waals surface area contributed by atoms with Crippen molar-refractivity contribution in [3.8, 4) is 0 Å². The third-order valence-electron chi connectivity index (χ3n) is 1.70. The van der Waals surface area contributed by atoms with Crippen LogP contribution in [0.5, 0.6) is 0 Å². The van der Waals surface area contributed by atoms with Crippen molar-refractivity contribution in [2.75, 3.05) is 5.75 Å². The van der Waals surface area contributed by atoms with Gasteiger partial charge in [-0.25, -0.2) is 0 Å². The van der Waals surface area contributed by atoms with Gasteiger partial charge in [0.05, 0.1) is 17.4 Å². The highest BCUT2D eigenvalue weighted by atomic mass is 32.2. The van der Waals surface area contributed by atoms with E-state index in [4.69, 9.17) is 9.11 Å². The molecule has 0 saturated carbocycles. The lowest BCUT2D eigenvalue weighted by Gasteiger charge is -2.13.